The molecular formula is C38H38IrN2OSi-2. The predicted molar refractivity (Wildman–Crippen MR) is 178 cm³/mol. The second-order valence-electron chi connectivity index (χ2n) is 12.4. The Balaban J connectivity index is 0.000000221. The number of hydrogen-bond donors (Lipinski definition) is 0. The van der Waals surface area contributed by atoms with Crippen molar-refractivity contribution < 1.29 is 24.5 Å². The summed E-state index contributed by atoms with van der Waals surface area (Å²) in [5.41, 5.74) is 8.48. The Morgan fingerprint density at radius 3 is 2.37 bits per heavy atom. The molecule has 3 heterocycles. The van der Waals surface area contributed by atoms with Crippen LogP contribution in [0.1, 0.15) is 49.1 Å². The smallest absolute Gasteiger partial charge is 0.120 e. The molecular weight excluding hydrogens is 721 g/mol. The molecule has 1 radical (unpaired) electrons. The first-order valence-electron chi connectivity index (χ1n) is 15.1. The summed E-state index contributed by atoms with van der Waals surface area (Å²) in [4.78, 5) is 9.03. The molecule has 3 aromatic heterocycles. The summed E-state index contributed by atoms with van der Waals surface area (Å²) >= 11 is 0. The van der Waals surface area contributed by atoms with Crippen molar-refractivity contribution in [1.82, 2.24) is 9.97 Å². The third-order valence-electron chi connectivity index (χ3n) is 8.28. The Morgan fingerprint density at radius 1 is 0.814 bits per heavy atom. The van der Waals surface area contributed by atoms with Crippen LogP contribution in [0.15, 0.2) is 95.7 Å². The maximum Gasteiger partial charge on any atom is 0.120 e. The molecule has 1 saturated carbocycles. The molecule has 0 saturated heterocycles. The fraction of sp³-hybridized carbons (Fsp3) is 0.263. The molecule has 5 heteroatoms. The summed E-state index contributed by atoms with van der Waals surface area (Å²) in [5.74, 6) is 0.666. The van der Waals surface area contributed by atoms with E-state index in [1.54, 1.807) is 0 Å². The number of benzene rings is 3. The van der Waals surface area contributed by atoms with E-state index < -0.39 is 8.07 Å². The van der Waals surface area contributed by atoms with Gasteiger partial charge in [0, 0.05) is 37.9 Å². The minimum Gasteiger partial charge on any atom is -0.501 e. The monoisotopic (exact) mass is 759 g/mol. The zero-order chi connectivity index (χ0) is 29.1. The first kappa shape index (κ1) is 31.1. The molecule has 0 amide bonds. The van der Waals surface area contributed by atoms with Gasteiger partial charge in [0.15, 0.2) is 0 Å². The van der Waals surface area contributed by atoms with Gasteiger partial charge < -0.3 is 14.4 Å². The number of rotatable bonds is 4. The van der Waals surface area contributed by atoms with Crippen LogP contribution in [0.2, 0.25) is 19.6 Å². The molecule has 3 aromatic carbocycles. The molecule has 0 aliphatic heterocycles. The normalized spacial score (nSPS) is 13.8. The van der Waals surface area contributed by atoms with Crippen LogP contribution >= 0.6 is 0 Å². The van der Waals surface area contributed by atoms with Crippen molar-refractivity contribution in [2.75, 3.05) is 0 Å². The van der Waals surface area contributed by atoms with Crippen LogP contribution in [0.4, 0.5) is 0 Å². The van der Waals surface area contributed by atoms with Crippen LogP contribution in [0.3, 0.4) is 0 Å². The van der Waals surface area contributed by atoms with Crippen molar-refractivity contribution >= 4 is 35.2 Å². The molecule has 6 aromatic rings. The molecule has 0 N–H and O–H groups in total. The van der Waals surface area contributed by atoms with Crippen LogP contribution in [0.5, 0.6) is 0 Å². The largest absolute Gasteiger partial charge is 0.501 e. The van der Waals surface area contributed by atoms with E-state index in [1.807, 2.05) is 55.7 Å². The van der Waals surface area contributed by atoms with Crippen molar-refractivity contribution in [1.29, 1.82) is 0 Å². The predicted octanol–water partition coefficient (Wildman–Crippen LogP) is 9.90. The number of hydrogen-bond acceptors (Lipinski definition) is 3. The van der Waals surface area contributed by atoms with E-state index in [0.717, 1.165) is 33.7 Å². The van der Waals surface area contributed by atoms with E-state index in [2.05, 4.69) is 79.2 Å². The van der Waals surface area contributed by atoms with Crippen LogP contribution in [0.25, 0.3) is 44.5 Å². The summed E-state index contributed by atoms with van der Waals surface area (Å²) < 4.78 is 6.41. The Labute approximate surface area is 270 Å². The van der Waals surface area contributed by atoms with Crippen molar-refractivity contribution in [3.63, 3.8) is 0 Å². The van der Waals surface area contributed by atoms with Crippen LogP contribution in [0, 0.1) is 19.1 Å². The minimum atomic E-state index is -1.49. The Hall–Kier alpha value is -3.37. The van der Waals surface area contributed by atoms with Gasteiger partial charge in [0.2, 0.25) is 0 Å². The molecule has 1 aliphatic rings. The van der Waals surface area contributed by atoms with Gasteiger partial charge >= 0.3 is 0 Å². The minimum absolute atomic E-state index is 0. The van der Waals surface area contributed by atoms with E-state index in [-0.39, 0.29) is 20.1 Å². The van der Waals surface area contributed by atoms with Gasteiger partial charge in [-0.25, -0.2) is 0 Å². The van der Waals surface area contributed by atoms with Gasteiger partial charge in [0.1, 0.15) is 5.58 Å². The summed E-state index contributed by atoms with van der Waals surface area (Å²) in [6.07, 6.45) is 10.5. The average Bonchev–Trinajstić information content (AvgIpc) is 3.41. The average molecular weight is 759 g/mol. The van der Waals surface area contributed by atoms with E-state index in [0.29, 0.717) is 5.92 Å². The van der Waals surface area contributed by atoms with E-state index in [1.165, 1.54) is 59.2 Å². The zero-order valence-corrected chi connectivity index (χ0v) is 28.8. The summed E-state index contributed by atoms with van der Waals surface area (Å²) in [7, 11) is -1.49. The number of nitrogens with zero attached hydrogens (tertiary/aromatic N) is 2. The maximum absolute atomic E-state index is 6.41. The molecule has 1 fully saturated rings. The molecule has 0 unspecified atom stereocenters. The summed E-state index contributed by atoms with van der Waals surface area (Å²) in [6, 6.07) is 33.7. The van der Waals surface area contributed by atoms with Gasteiger partial charge in [-0.15, -0.1) is 54.1 Å². The third-order valence-corrected chi connectivity index (χ3v) is 10.3. The Morgan fingerprint density at radius 2 is 1.65 bits per heavy atom. The van der Waals surface area contributed by atoms with Crippen molar-refractivity contribution in [3.05, 3.63) is 115 Å². The van der Waals surface area contributed by atoms with Crippen molar-refractivity contribution in [3.8, 4) is 22.5 Å². The summed E-state index contributed by atoms with van der Waals surface area (Å²) in [5, 5.41) is 3.92. The number of pyridine rings is 2. The standard InChI is InChI=1S/C26H28NOSi.C12H10N.Ir/c1-29(2,3)24-14-8-13-23-25(24)21-12-7-11-20(26(21)28-23)22-17-19(15-16-27-22)18-9-5-4-6-10-18;1-10-7-8-12(13-9-10)11-5-3-2-4-6-11;/h7-8,12-18H,4-6,9-10H2,1-3H3;2-5,7-9H,1H3;/q2*-1;. The van der Waals surface area contributed by atoms with Gasteiger partial charge in [0.25, 0.3) is 0 Å². The van der Waals surface area contributed by atoms with Gasteiger partial charge in [-0.2, -0.15) is 0 Å². The van der Waals surface area contributed by atoms with Gasteiger partial charge in [0.05, 0.1) is 13.7 Å². The van der Waals surface area contributed by atoms with Gasteiger partial charge in [-0.3, -0.25) is 0 Å². The first-order chi connectivity index (χ1) is 20.4. The number of aromatic nitrogens is 2. The Kier molecular flexibility index (Phi) is 9.76. The quantitative estimate of drug-likeness (QED) is 0.133. The second kappa shape index (κ2) is 13.5. The molecule has 221 valence electrons. The van der Waals surface area contributed by atoms with Crippen molar-refractivity contribution in [2.45, 2.75) is 64.6 Å². The maximum atomic E-state index is 6.41. The molecule has 0 atom stereocenters. The number of fused-ring (bicyclic) bond motifs is 3. The molecule has 1 aliphatic carbocycles. The summed E-state index contributed by atoms with van der Waals surface area (Å²) in [6.45, 7) is 9.22. The number of furan rings is 1. The second-order valence-corrected chi connectivity index (χ2v) is 17.5. The van der Waals surface area contributed by atoms with Crippen LogP contribution in [-0.4, -0.2) is 18.0 Å². The topological polar surface area (TPSA) is 38.9 Å². The molecule has 0 bridgehead atoms. The number of aryl methyl sites for hydroxylation is 1. The Bertz CT molecular complexity index is 1800. The fourth-order valence-corrected chi connectivity index (χ4v) is 7.66. The van der Waals surface area contributed by atoms with Gasteiger partial charge in [-0.1, -0.05) is 90.9 Å². The van der Waals surface area contributed by atoms with E-state index >= 15 is 0 Å². The van der Waals surface area contributed by atoms with Gasteiger partial charge in [-0.05, 0) is 54.8 Å². The fourth-order valence-electron chi connectivity index (χ4n) is 6.06. The van der Waals surface area contributed by atoms with Crippen molar-refractivity contribution in [2.24, 2.45) is 0 Å². The van der Waals surface area contributed by atoms with Crippen LogP contribution in [-0.2, 0) is 20.1 Å². The first-order valence-corrected chi connectivity index (χ1v) is 18.6. The van der Waals surface area contributed by atoms with E-state index in [4.69, 9.17) is 9.40 Å². The molecule has 3 nitrogen and oxygen atoms in total. The molecule has 0 spiro atoms. The van der Waals surface area contributed by atoms with E-state index in [9.17, 15) is 0 Å². The van der Waals surface area contributed by atoms with Crippen LogP contribution < -0.4 is 5.19 Å². The molecule has 43 heavy (non-hydrogen) atoms. The molecule has 7 rings (SSSR count). The SMILES string of the molecule is C[Si](C)(C)c1cccc2oc3c(-c4cc(C5CCCCC5)ccn4)[c-]ccc3c12.Cc1ccc(-c2[c-]cccc2)nc1.[Ir]. The third kappa shape index (κ3) is 6.91. The zero-order valence-electron chi connectivity index (χ0n) is 25.4.